The van der Waals surface area contributed by atoms with Gasteiger partial charge in [0.25, 0.3) is 0 Å². The van der Waals surface area contributed by atoms with Crippen LogP contribution >= 0.6 is 0 Å². The molecule has 3 aliphatic rings. The number of nitriles is 1. The van der Waals surface area contributed by atoms with Crippen molar-refractivity contribution >= 4 is 25.8 Å². The van der Waals surface area contributed by atoms with Crippen molar-refractivity contribution in [3.63, 3.8) is 0 Å². The molecule has 0 bridgehead atoms. The van der Waals surface area contributed by atoms with Gasteiger partial charge >= 0.3 is 0 Å². The molecule has 1 amide bonds. The van der Waals surface area contributed by atoms with Crippen LogP contribution in [0.5, 0.6) is 0 Å². The predicted octanol–water partition coefficient (Wildman–Crippen LogP) is 0.823. The van der Waals surface area contributed by atoms with E-state index >= 15 is 0 Å². The summed E-state index contributed by atoms with van der Waals surface area (Å²) in [6.45, 7) is 1.59. The fraction of sp³-hybridized carbons (Fsp3) is 0.636. The van der Waals surface area contributed by atoms with Crippen molar-refractivity contribution in [3.8, 4) is 6.07 Å². The molecule has 1 atom stereocenters. The fourth-order valence-electron chi connectivity index (χ4n) is 5.13. The lowest BCUT2D eigenvalue weighted by atomic mass is 10.1. The summed E-state index contributed by atoms with van der Waals surface area (Å²) in [6, 6.07) is 7.70. The number of rotatable bonds is 6. The molecule has 3 fully saturated rings. The summed E-state index contributed by atoms with van der Waals surface area (Å²) in [4.78, 5) is 17.2. The zero-order chi connectivity index (χ0) is 23.6. The van der Waals surface area contributed by atoms with Gasteiger partial charge in [0.15, 0.2) is 9.84 Å². The van der Waals surface area contributed by atoms with Gasteiger partial charge in [0.2, 0.25) is 15.9 Å². The number of hydrogen-bond donors (Lipinski definition) is 0. The van der Waals surface area contributed by atoms with Gasteiger partial charge in [-0.05, 0) is 43.5 Å². The third-order valence-electron chi connectivity index (χ3n) is 6.92. The molecule has 1 aromatic rings. The van der Waals surface area contributed by atoms with E-state index < -0.39 is 19.9 Å². The van der Waals surface area contributed by atoms with Gasteiger partial charge in [-0.25, -0.2) is 16.8 Å². The SMILES string of the molecule is N#Cc1ccc(S(=O)(=O)N2CCN(CC(=O)N(C3CCCC3)[C@@H]3CCS(=O)(=O)C3)CC2)cc1. The lowest BCUT2D eigenvalue weighted by Crippen LogP contribution is -2.54. The van der Waals surface area contributed by atoms with E-state index in [1.165, 1.54) is 28.6 Å². The van der Waals surface area contributed by atoms with Crippen molar-refractivity contribution in [3.05, 3.63) is 29.8 Å². The summed E-state index contributed by atoms with van der Waals surface area (Å²) in [5, 5.41) is 8.91. The Morgan fingerprint density at radius 2 is 1.67 bits per heavy atom. The molecule has 0 unspecified atom stereocenters. The number of amides is 1. The van der Waals surface area contributed by atoms with E-state index in [1.54, 1.807) is 0 Å². The molecule has 11 heteroatoms. The van der Waals surface area contributed by atoms with Crippen molar-refractivity contribution in [2.45, 2.75) is 49.1 Å². The lowest BCUT2D eigenvalue weighted by Gasteiger charge is -2.38. The molecule has 1 aliphatic carbocycles. The van der Waals surface area contributed by atoms with Crippen molar-refractivity contribution < 1.29 is 21.6 Å². The predicted molar refractivity (Wildman–Crippen MR) is 123 cm³/mol. The number of sulfone groups is 1. The second kappa shape index (κ2) is 9.70. The van der Waals surface area contributed by atoms with Crippen LogP contribution in [0.25, 0.3) is 0 Å². The molecule has 2 saturated heterocycles. The Hall–Kier alpha value is -2.00. The third-order valence-corrected chi connectivity index (χ3v) is 10.6. The molecule has 4 rings (SSSR count). The van der Waals surface area contributed by atoms with Crippen LogP contribution in [-0.2, 0) is 24.7 Å². The van der Waals surface area contributed by atoms with Crippen molar-refractivity contribution in [1.29, 1.82) is 5.26 Å². The Labute approximate surface area is 195 Å². The van der Waals surface area contributed by atoms with Gasteiger partial charge < -0.3 is 4.90 Å². The first-order valence-corrected chi connectivity index (χ1v) is 14.7. The molecule has 0 aromatic heterocycles. The normalized spacial score (nSPS) is 24.5. The lowest BCUT2D eigenvalue weighted by molar-refractivity contribution is -0.137. The topological polar surface area (TPSA) is 119 Å². The third kappa shape index (κ3) is 5.40. The van der Waals surface area contributed by atoms with Crippen molar-refractivity contribution in [2.24, 2.45) is 0 Å². The Morgan fingerprint density at radius 3 is 2.21 bits per heavy atom. The first-order chi connectivity index (χ1) is 15.7. The molecule has 2 aliphatic heterocycles. The average molecular weight is 495 g/mol. The zero-order valence-electron chi connectivity index (χ0n) is 18.6. The minimum absolute atomic E-state index is 0.0475. The smallest absolute Gasteiger partial charge is 0.243 e. The molecule has 0 spiro atoms. The van der Waals surface area contributed by atoms with Crippen LogP contribution in [0.1, 0.15) is 37.7 Å². The maximum absolute atomic E-state index is 13.3. The summed E-state index contributed by atoms with van der Waals surface area (Å²) in [7, 11) is -6.75. The summed E-state index contributed by atoms with van der Waals surface area (Å²) in [5.74, 6) is 0.138. The molecule has 1 aromatic carbocycles. The van der Waals surface area contributed by atoms with Gasteiger partial charge in [-0.15, -0.1) is 0 Å². The van der Waals surface area contributed by atoms with Crippen LogP contribution in [0.4, 0.5) is 0 Å². The van der Waals surface area contributed by atoms with E-state index in [9.17, 15) is 21.6 Å². The average Bonchev–Trinajstić information content (AvgIpc) is 3.44. The van der Waals surface area contributed by atoms with Gasteiger partial charge in [-0.1, -0.05) is 12.8 Å². The number of carbonyl (C=O) groups excluding carboxylic acids is 1. The zero-order valence-corrected chi connectivity index (χ0v) is 20.2. The highest BCUT2D eigenvalue weighted by Crippen LogP contribution is 2.29. The maximum Gasteiger partial charge on any atom is 0.243 e. The van der Waals surface area contributed by atoms with Gasteiger partial charge in [-0.3, -0.25) is 9.69 Å². The second-order valence-corrected chi connectivity index (χ2v) is 13.3. The molecule has 2 heterocycles. The van der Waals surface area contributed by atoms with Crippen molar-refractivity contribution in [2.75, 3.05) is 44.2 Å². The van der Waals surface area contributed by atoms with Crippen LogP contribution in [0.2, 0.25) is 0 Å². The minimum atomic E-state index is -3.66. The number of carbonyl (C=O) groups is 1. The van der Waals surface area contributed by atoms with Gasteiger partial charge in [0.1, 0.15) is 0 Å². The first-order valence-electron chi connectivity index (χ1n) is 11.4. The summed E-state index contributed by atoms with van der Waals surface area (Å²) in [5.41, 5.74) is 0.402. The number of hydrogen-bond acceptors (Lipinski definition) is 7. The molecular weight excluding hydrogens is 464 g/mol. The number of nitrogens with zero attached hydrogens (tertiary/aromatic N) is 4. The fourth-order valence-corrected chi connectivity index (χ4v) is 8.27. The van der Waals surface area contributed by atoms with E-state index in [2.05, 4.69) is 0 Å². The molecule has 0 N–H and O–H groups in total. The molecule has 0 radical (unpaired) electrons. The summed E-state index contributed by atoms with van der Waals surface area (Å²) >= 11 is 0. The number of piperazine rings is 1. The van der Waals surface area contributed by atoms with Crippen LogP contribution in [0, 0.1) is 11.3 Å². The molecule has 33 heavy (non-hydrogen) atoms. The molecule has 9 nitrogen and oxygen atoms in total. The van der Waals surface area contributed by atoms with E-state index in [-0.39, 0.29) is 54.0 Å². The highest BCUT2D eigenvalue weighted by Gasteiger charge is 2.39. The number of benzene rings is 1. The Balaban J connectivity index is 1.38. The van der Waals surface area contributed by atoms with E-state index in [0.29, 0.717) is 25.1 Å². The van der Waals surface area contributed by atoms with Crippen LogP contribution in [-0.4, -0.2) is 93.2 Å². The maximum atomic E-state index is 13.3. The highest BCUT2D eigenvalue weighted by molar-refractivity contribution is 7.91. The highest BCUT2D eigenvalue weighted by atomic mass is 32.2. The Bertz CT molecular complexity index is 1110. The van der Waals surface area contributed by atoms with Gasteiger partial charge in [0.05, 0.1) is 34.6 Å². The quantitative estimate of drug-likeness (QED) is 0.574. The molecule has 1 saturated carbocycles. The standard InChI is InChI=1S/C22H30N4O5S2/c23-15-18-5-7-21(8-6-18)33(30,31)25-12-10-24(11-13-25)16-22(27)26(19-3-1-2-4-19)20-9-14-32(28,29)17-20/h5-8,19-20H,1-4,9-14,16-17H2/t20-/m1/s1. The molecule has 180 valence electrons. The van der Waals surface area contributed by atoms with Crippen LogP contribution in [0.3, 0.4) is 0 Å². The van der Waals surface area contributed by atoms with Crippen LogP contribution < -0.4 is 0 Å². The van der Waals surface area contributed by atoms with Crippen LogP contribution in [0.15, 0.2) is 29.2 Å². The number of sulfonamides is 1. The summed E-state index contributed by atoms with van der Waals surface area (Å²) < 4.78 is 51.3. The first kappa shape index (κ1) is 24.1. The van der Waals surface area contributed by atoms with Gasteiger partial charge in [-0.2, -0.15) is 9.57 Å². The van der Waals surface area contributed by atoms with E-state index in [1.807, 2.05) is 15.9 Å². The Kier molecular flexibility index (Phi) is 7.09. The minimum Gasteiger partial charge on any atom is -0.335 e. The van der Waals surface area contributed by atoms with Crippen molar-refractivity contribution in [1.82, 2.24) is 14.1 Å². The second-order valence-electron chi connectivity index (χ2n) is 9.11. The molecular formula is C22H30N4O5S2. The Morgan fingerprint density at radius 1 is 1.03 bits per heavy atom. The monoisotopic (exact) mass is 494 g/mol. The largest absolute Gasteiger partial charge is 0.335 e. The van der Waals surface area contributed by atoms with Gasteiger partial charge in [0, 0.05) is 38.3 Å². The summed E-state index contributed by atoms with van der Waals surface area (Å²) in [6.07, 6.45) is 4.44. The van der Waals surface area contributed by atoms with E-state index in [4.69, 9.17) is 5.26 Å². The van der Waals surface area contributed by atoms with E-state index in [0.717, 1.165) is 25.7 Å².